The van der Waals surface area contributed by atoms with Crippen molar-refractivity contribution in [2.45, 2.75) is 38.9 Å². The van der Waals surface area contributed by atoms with Gasteiger partial charge in [-0.1, -0.05) is 35.3 Å². The van der Waals surface area contributed by atoms with Crippen molar-refractivity contribution < 1.29 is 14.4 Å². The quantitative estimate of drug-likeness (QED) is 0.852. The molecule has 2 rings (SSSR count). The molecule has 21 heavy (non-hydrogen) atoms. The summed E-state index contributed by atoms with van der Waals surface area (Å²) < 4.78 is 11.9. The minimum Gasteiger partial charge on any atom is -0.400 e. The Hall–Kier alpha value is -0.515. The van der Waals surface area contributed by atoms with E-state index in [9.17, 15) is 5.11 Å². The van der Waals surface area contributed by atoms with Gasteiger partial charge in [0.25, 0.3) is 0 Å². The fraction of sp³-hybridized carbons (Fsp3) is 0.467. The minimum atomic E-state index is -0.591. The molecule has 1 aliphatic rings. The molecule has 0 aromatic heterocycles. The third-order valence-corrected chi connectivity index (χ3v) is 4.60. The van der Waals surface area contributed by atoms with E-state index in [2.05, 4.69) is 0 Å². The second-order valence-electron chi connectivity index (χ2n) is 6.13. The first-order chi connectivity index (χ1) is 9.66. The number of benzene rings is 1. The predicted octanol–water partition coefficient (Wildman–Crippen LogP) is 4.00. The molecular formula is C15H19BCl2O3. The molecule has 0 bridgehead atoms. The number of aliphatic hydroxyl groups excluding tert-OH is 1. The van der Waals surface area contributed by atoms with Crippen molar-refractivity contribution >= 4 is 36.4 Å². The van der Waals surface area contributed by atoms with E-state index in [-0.39, 0.29) is 6.61 Å². The van der Waals surface area contributed by atoms with Gasteiger partial charge < -0.3 is 14.4 Å². The van der Waals surface area contributed by atoms with E-state index in [1.54, 1.807) is 24.3 Å². The van der Waals surface area contributed by atoms with E-state index in [1.807, 2.05) is 27.7 Å². The van der Waals surface area contributed by atoms with E-state index >= 15 is 0 Å². The molecule has 0 aliphatic carbocycles. The first kappa shape index (κ1) is 16.8. The normalized spacial score (nSPS) is 20.9. The lowest BCUT2D eigenvalue weighted by Gasteiger charge is -2.32. The molecule has 1 saturated heterocycles. The molecule has 0 spiro atoms. The lowest BCUT2D eigenvalue weighted by molar-refractivity contribution is 0.00578. The van der Waals surface area contributed by atoms with Crippen molar-refractivity contribution in [2.24, 2.45) is 0 Å². The number of halogens is 2. The van der Waals surface area contributed by atoms with Gasteiger partial charge in [-0.05, 0) is 50.9 Å². The summed E-state index contributed by atoms with van der Waals surface area (Å²) in [7, 11) is -0.591. The number of hydrogen-bond acceptors (Lipinski definition) is 3. The molecule has 1 aromatic rings. The van der Waals surface area contributed by atoms with E-state index in [1.165, 1.54) is 0 Å². The van der Waals surface area contributed by atoms with Crippen molar-refractivity contribution in [3.05, 3.63) is 39.3 Å². The topological polar surface area (TPSA) is 38.7 Å². The summed E-state index contributed by atoms with van der Waals surface area (Å²) in [6, 6.07) is 5.21. The fourth-order valence-corrected chi connectivity index (χ4v) is 2.46. The summed E-state index contributed by atoms with van der Waals surface area (Å²) in [5.41, 5.74) is 0.489. The molecule has 0 radical (unpaired) electrons. The van der Waals surface area contributed by atoms with E-state index in [4.69, 9.17) is 32.5 Å². The Bertz CT molecular complexity index is 554. The zero-order chi connectivity index (χ0) is 15.8. The minimum absolute atomic E-state index is 0.171. The van der Waals surface area contributed by atoms with Gasteiger partial charge >= 0.3 is 7.12 Å². The molecule has 1 heterocycles. The molecule has 0 atom stereocenters. The Morgan fingerprint density at radius 2 is 1.76 bits per heavy atom. The van der Waals surface area contributed by atoms with Crippen LogP contribution in [0.1, 0.15) is 33.3 Å². The highest BCUT2D eigenvalue weighted by molar-refractivity contribution is 6.56. The van der Waals surface area contributed by atoms with Gasteiger partial charge in [-0.3, -0.25) is 0 Å². The largest absolute Gasteiger partial charge is 0.492 e. The second kappa shape index (κ2) is 5.94. The molecule has 0 saturated carbocycles. The number of hydrogen-bond donors (Lipinski definition) is 1. The highest BCUT2D eigenvalue weighted by atomic mass is 35.5. The Morgan fingerprint density at radius 3 is 2.24 bits per heavy atom. The van der Waals surface area contributed by atoms with Crippen LogP contribution in [0.25, 0.3) is 6.08 Å². The van der Waals surface area contributed by atoms with Crippen LogP contribution in [0.3, 0.4) is 0 Å². The van der Waals surface area contributed by atoms with Crippen molar-refractivity contribution in [1.29, 1.82) is 0 Å². The van der Waals surface area contributed by atoms with E-state index < -0.39 is 18.3 Å². The smallest absolute Gasteiger partial charge is 0.400 e. The van der Waals surface area contributed by atoms with Gasteiger partial charge in [0.05, 0.1) is 17.8 Å². The maximum atomic E-state index is 9.64. The SMILES string of the molecule is CC1(C)OB(C(=Cc2ccc(Cl)cc2Cl)CO)OC1(C)C. The summed E-state index contributed by atoms with van der Waals surface area (Å²) in [6.45, 7) is 7.71. The van der Waals surface area contributed by atoms with Crippen LogP contribution in [0.2, 0.25) is 10.0 Å². The molecule has 3 nitrogen and oxygen atoms in total. The summed E-state index contributed by atoms with van der Waals surface area (Å²) >= 11 is 12.0. The average Bonchev–Trinajstić information content (AvgIpc) is 2.57. The summed E-state index contributed by atoms with van der Waals surface area (Å²) in [4.78, 5) is 0. The molecular weight excluding hydrogens is 310 g/mol. The Balaban J connectivity index is 2.31. The van der Waals surface area contributed by atoms with Gasteiger partial charge in [-0.15, -0.1) is 0 Å². The van der Waals surface area contributed by atoms with Crippen LogP contribution < -0.4 is 0 Å². The fourth-order valence-electron chi connectivity index (χ4n) is 2.00. The van der Waals surface area contributed by atoms with Crippen molar-refractivity contribution in [3.8, 4) is 0 Å². The molecule has 1 aliphatic heterocycles. The summed E-state index contributed by atoms with van der Waals surface area (Å²) in [5, 5.41) is 10.7. The standard InChI is InChI=1S/C15H19BCl2O3/c1-14(2)15(3,4)21-16(20-14)11(9-19)7-10-5-6-12(17)8-13(10)18/h5-8,19H,9H2,1-4H3. The maximum Gasteiger partial charge on any atom is 0.492 e. The van der Waals surface area contributed by atoms with Crippen LogP contribution >= 0.6 is 23.2 Å². The van der Waals surface area contributed by atoms with Crippen LogP contribution in [0, 0.1) is 0 Å². The van der Waals surface area contributed by atoms with Crippen molar-refractivity contribution in [2.75, 3.05) is 6.61 Å². The van der Waals surface area contributed by atoms with Crippen LogP contribution in [0.5, 0.6) is 0 Å². The molecule has 0 unspecified atom stereocenters. The third-order valence-electron chi connectivity index (χ3n) is 4.04. The van der Waals surface area contributed by atoms with Crippen molar-refractivity contribution in [3.63, 3.8) is 0 Å². The molecule has 1 aromatic carbocycles. The lowest BCUT2D eigenvalue weighted by atomic mass is 9.77. The van der Waals surface area contributed by atoms with E-state index in [0.717, 1.165) is 5.56 Å². The molecule has 1 N–H and O–H groups in total. The van der Waals surface area contributed by atoms with Gasteiger partial charge in [-0.25, -0.2) is 0 Å². The van der Waals surface area contributed by atoms with Gasteiger partial charge in [0.1, 0.15) is 0 Å². The molecule has 114 valence electrons. The van der Waals surface area contributed by atoms with Crippen LogP contribution in [-0.2, 0) is 9.31 Å². The van der Waals surface area contributed by atoms with Gasteiger partial charge in [0.2, 0.25) is 0 Å². The zero-order valence-electron chi connectivity index (χ0n) is 12.6. The Kier molecular flexibility index (Phi) is 4.76. The first-order valence-electron chi connectivity index (χ1n) is 6.78. The van der Waals surface area contributed by atoms with E-state index in [0.29, 0.717) is 15.5 Å². The molecule has 0 amide bonds. The van der Waals surface area contributed by atoms with Crippen LogP contribution in [0.4, 0.5) is 0 Å². The predicted molar refractivity (Wildman–Crippen MR) is 87.6 cm³/mol. The summed E-state index contributed by atoms with van der Waals surface area (Å²) in [6.07, 6.45) is 1.78. The highest BCUT2D eigenvalue weighted by Gasteiger charge is 2.52. The van der Waals surface area contributed by atoms with Crippen molar-refractivity contribution in [1.82, 2.24) is 0 Å². The zero-order valence-corrected chi connectivity index (χ0v) is 14.1. The Labute approximate surface area is 136 Å². The first-order valence-corrected chi connectivity index (χ1v) is 7.54. The third kappa shape index (κ3) is 3.46. The Morgan fingerprint density at radius 1 is 1.19 bits per heavy atom. The molecule has 6 heteroatoms. The molecule has 1 fully saturated rings. The number of aliphatic hydroxyl groups is 1. The van der Waals surface area contributed by atoms with Gasteiger partial charge in [0.15, 0.2) is 0 Å². The van der Waals surface area contributed by atoms with Gasteiger partial charge in [-0.2, -0.15) is 0 Å². The van der Waals surface area contributed by atoms with Gasteiger partial charge in [0, 0.05) is 10.0 Å². The van der Waals surface area contributed by atoms with Crippen LogP contribution in [0.15, 0.2) is 23.7 Å². The van der Waals surface area contributed by atoms with Crippen LogP contribution in [-0.4, -0.2) is 30.0 Å². The lowest BCUT2D eigenvalue weighted by Crippen LogP contribution is -2.41. The second-order valence-corrected chi connectivity index (χ2v) is 6.98. The average molecular weight is 329 g/mol. The summed E-state index contributed by atoms with van der Waals surface area (Å²) in [5.74, 6) is 0. The number of rotatable bonds is 3. The maximum absolute atomic E-state index is 9.64. The monoisotopic (exact) mass is 328 g/mol. The highest BCUT2D eigenvalue weighted by Crippen LogP contribution is 2.39.